The van der Waals surface area contributed by atoms with E-state index in [0.29, 0.717) is 0 Å². The first kappa shape index (κ1) is 12.0. The van der Waals surface area contributed by atoms with E-state index in [1.165, 1.54) is 12.1 Å². The maximum atomic E-state index is 11.0. The molecule has 0 aliphatic heterocycles. The van der Waals surface area contributed by atoms with Crippen molar-refractivity contribution >= 4 is 10.0 Å². The monoisotopic (exact) mass is 229 g/mol. The van der Waals surface area contributed by atoms with Crippen molar-refractivity contribution in [3.63, 3.8) is 0 Å². The fourth-order valence-electron chi connectivity index (χ4n) is 1.50. The summed E-state index contributed by atoms with van der Waals surface area (Å²) in [6, 6.07) is 6.45. The first-order valence-electron chi connectivity index (χ1n) is 4.51. The highest BCUT2D eigenvalue weighted by atomic mass is 32.2. The number of hydrogen-bond acceptors (Lipinski definition) is 3. The largest absolute Gasteiger partial charge is 0.508 e. The topological polar surface area (TPSA) is 80.4 Å². The van der Waals surface area contributed by atoms with E-state index < -0.39 is 15.4 Å². The van der Waals surface area contributed by atoms with Gasteiger partial charge < -0.3 is 5.11 Å². The van der Waals surface area contributed by atoms with E-state index in [-0.39, 0.29) is 11.5 Å². The Bertz CT molecular complexity index is 434. The zero-order valence-corrected chi connectivity index (χ0v) is 9.58. The van der Waals surface area contributed by atoms with Crippen LogP contribution in [-0.2, 0) is 15.4 Å². The number of hydrogen-bond donors (Lipinski definition) is 2. The van der Waals surface area contributed by atoms with Crippen molar-refractivity contribution in [2.24, 2.45) is 5.14 Å². The summed E-state index contributed by atoms with van der Waals surface area (Å²) in [6.07, 6.45) is 0. The number of phenolic OH excluding ortho intramolecular Hbond substituents is 1. The fraction of sp³-hybridized carbons (Fsp3) is 0.400. The molecular formula is C10H15NO3S. The number of nitrogens with two attached hydrogens (primary N) is 1. The van der Waals surface area contributed by atoms with Crippen molar-refractivity contribution in [1.29, 1.82) is 0 Å². The van der Waals surface area contributed by atoms with Crippen LogP contribution in [0.1, 0.15) is 19.4 Å². The number of rotatable bonds is 3. The second-order valence-corrected chi connectivity index (χ2v) is 5.85. The highest BCUT2D eigenvalue weighted by Crippen LogP contribution is 2.25. The minimum Gasteiger partial charge on any atom is -0.508 e. The number of benzene rings is 1. The van der Waals surface area contributed by atoms with Crippen LogP contribution in [0, 0.1) is 0 Å². The first-order valence-corrected chi connectivity index (χ1v) is 6.22. The average Bonchev–Trinajstić information content (AvgIpc) is 2.00. The molecule has 0 saturated carbocycles. The van der Waals surface area contributed by atoms with Crippen molar-refractivity contribution < 1.29 is 13.5 Å². The third kappa shape index (κ3) is 3.53. The Labute approximate surface area is 89.8 Å². The van der Waals surface area contributed by atoms with Gasteiger partial charge in [-0.2, -0.15) is 0 Å². The van der Waals surface area contributed by atoms with Crippen LogP contribution >= 0.6 is 0 Å². The molecule has 0 amide bonds. The second-order valence-electron chi connectivity index (χ2n) is 4.24. The van der Waals surface area contributed by atoms with Gasteiger partial charge in [-0.3, -0.25) is 0 Å². The SMILES string of the molecule is CC(C)(CS(N)(=O)=O)c1ccc(O)cc1. The minimum absolute atomic E-state index is 0.120. The molecule has 5 heteroatoms. The van der Waals surface area contributed by atoms with Crippen LogP contribution in [0.25, 0.3) is 0 Å². The number of primary sulfonamides is 1. The van der Waals surface area contributed by atoms with Crippen LogP contribution in [0.5, 0.6) is 5.75 Å². The molecule has 0 spiro atoms. The highest BCUT2D eigenvalue weighted by molar-refractivity contribution is 7.89. The van der Waals surface area contributed by atoms with Crippen LogP contribution in [0.15, 0.2) is 24.3 Å². The smallest absolute Gasteiger partial charge is 0.209 e. The molecule has 1 rings (SSSR count). The summed E-state index contributed by atoms with van der Waals surface area (Å²) in [7, 11) is -3.50. The fourth-order valence-corrected chi connectivity index (χ4v) is 2.67. The maximum Gasteiger partial charge on any atom is 0.209 e. The Morgan fingerprint density at radius 2 is 1.73 bits per heavy atom. The molecule has 0 saturated heterocycles. The summed E-state index contributed by atoms with van der Waals surface area (Å²) in [5.74, 6) is 0.0373. The second kappa shape index (κ2) is 3.83. The van der Waals surface area contributed by atoms with Gasteiger partial charge in [-0.1, -0.05) is 26.0 Å². The van der Waals surface area contributed by atoms with E-state index in [0.717, 1.165) is 5.56 Å². The molecule has 0 atom stereocenters. The van der Waals surface area contributed by atoms with Gasteiger partial charge in [0.25, 0.3) is 0 Å². The van der Waals surface area contributed by atoms with Gasteiger partial charge in [0.1, 0.15) is 5.75 Å². The number of sulfonamides is 1. The van der Waals surface area contributed by atoms with Gasteiger partial charge in [-0.05, 0) is 17.7 Å². The van der Waals surface area contributed by atoms with Gasteiger partial charge in [0, 0.05) is 5.41 Å². The summed E-state index contributed by atoms with van der Waals surface area (Å²) in [6.45, 7) is 3.59. The summed E-state index contributed by atoms with van der Waals surface area (Å²) in [4.78, 5) is 0. The number of phenols is 1. The van der Waals surface area contributed by atoms with Gasteiger partial charge in [0.15, 0.2) is 0 Å². The normalized spacial score (nSPS) is 12.7. The molecule has 0 unspecified atom stereocenters. The van der Waals surface area contributed by atoms with Gasteiger partial charge >= 0.3 is 0 Å². The van der Waals surface area contributed by atoms with Crippen LogP contribution in [-0.4, -0.2) is 19.3 Å². The zero-order valence-electron chi connectivity index (χ0n) is 8.77. The Hall–Kier alpha value is -1.07. The van der Waals surface area contributed by atoms with Gasteiger partial charge in [-0.25, -0.2) is 13.6 Å². The van der Waals surface area contributed by atoms with Crippen molar-refractivity contribution in [1.82, 2.24) is 0 Å². The summed E-state index contributed by atoms with van der Waals surface area (Å²) < 4.78 is 22.0. The Morgan fingerprint density at radius 1 is 1.27 bits per heavy atom. The predicted octanol–water partition coefficient (Wildman–Crippen LogP) is 0.958. The van der Waals surface area contributed by atoms with Crippen molar-refractivity contribution in [2.75, 3.05) is 5.75 Å². The van der Waals surface area contributed by atoms with E-state index in [1.54, 1.807) is 26.0 Å². The van der Waals surface area contributed by atoms with Crippen LogP contribution in [0.4, 0.5) is 0 Å². The zero-order chi connectivity index (χ0) is 11.7. The van der Waals surface area contributed by atoms with Crippen molar-refractivity contribution in [3.05, 3.63) is 29.8 Å². The molecule has 0 heterocycles. The molecule has 15 heavy (non-hydrogen) atoms. The first-order chi connectivity index (χ1) is 6.71. The maximum absolute atomic E-state index is 11.0. The lowest BCUT2D eigenvalue weighted by Crippen LogP contribution is -2.32. The third-order valence-electron chi connectivity index (χ3n) is 2.21. The van der Waals surface area contributed by atoms with Gasteiger partial charge in [0.2, 0.25) is 10.0 Å². The molecule has 0 aromatic heterocycles. The molecule has 0 bridgehead atoms. The summed E-state index contributed by atoms with van der Waals surface area (Å²) >= 11 is 0. The van der Waals surface area contributed by atoms with Crippen LogP contribution in [0.2, 0.25) is 0 Å². The number of aromatic hydroxyl groups is 1. The molecular weight excluding hydrogens is 214 g/mol. The van der Waals surface area contributed by atoms with Gasteiger partial charge in [-0.15, -0.1) is 0 Å². The summed E-state index contributed by atoms with van der Waals surface area (Å²) in [5, 5.41) is 14.1. The van der Waals surface area contributed by atoms with E-state index in [4.69, 9.17) is 10.2 Å². The molecule has 0 aliphatic carbocycles. The highest BCUT2D eigenvalue weighted by Gasteiger charge is 2.25. The molecule has 1 aromatic carbocycles. The lowest BCUT2D eigenvalue weighted by atomic mass is 9.87. The van der Waals surface area contributed by atoms with E-state index >= 15 is 0 Å². The molecule has 4 nitrogen and oxygen atoms in total. The molecule has 0 radical (unpaired) electrons. The van der Waals surface area contributed by atoms with Gasteiger partial charge in [0.05, 0.1) is 5.75 Å². The lowest BCUT2D eigenvalue weighted by Gasteiger charge is -2.23. The van der Waals surface area contributed by atoms with Crippen molar-refractivity contribution in [3.8, 4) is 5.75 Å². The predicted molar refractivity (Wildman–Crippen MR) is 59.1 cm³/mol. The molecule has 84 valence electrons. The standard InChI is InChI=1S/C10H15NO3S/c1-10(2,7-15(11,13)14)8-3-5-9(12)6-4-8/h3-6,12H,7H2,1-2H3,(H2,11,13,14). The van der Waals surface area contributed by atoms with Crippen molar-refractivity contribution in [2.45, 2.75) is 19.3 Å². The molecule has 0 aliphatic rings. The lowest BCUT2D eigenvalue weighted by molar-refractivity contribution is 0.474. The Balaban J connectivity index is 3.00. The third-order valence-corrected chi connectivity index (χ3v) is 3.33. The van der Waals surface area contributed by atoms with E-state index in [2.05, 4.69) is 0 Å². The molecule has 3 N–H and O–H groups in total. The Kier molecular flexibility index (Phi) is 3.06. The van der Waals surface area contributed by atoms with Crippen LogP contribution < -0.4 is 5.14 Å². The quantitative estimate of drug-likeness (QED) is 0.810. The molecule has 1 aromatic rings. The Morgan fingerprint density at radius 3 is 2.13 bits per heavy atom. The average molecular weight is 229 g/mol. The van der Waals surface area contributed by atoms with Crippen LogP contribution in [0.3, 0.4) is 0 Å². The van der Waals surface area contributed by atoms with E-state index in [1.807, 2.05) is 0 Å². The van der Waals surface area contributed by atoms with E-state index in [9.17, 15) is 8.42 Å². The summed E-state index contributed by atoms with van der Waals surface area (Å²) in [5.41, 5.74) is 0.274. The minimum atomic E-state index is -3.50. The molecule has 0 fully saturated rings.